The molecule has 4 heteroatoms. The summed E-state index contributed by atoms with van der Waals surface area (Å²) in [5.41, 5.74) is 0. The summed E-state index contributed by atoms with van der Waals surface area (Å²) >= 11 is 4.09. The molecule has 0 heterocycles. The van der Waals surface area contributed by atoms with E-state index in [1.165, 1.54) is 96.7 Å². The van der Waals surface area contributed by atoms with Crippen molar-refractivity contribution < 1.29 is 4.79 Å². The second-order valence-corrected chi connectivity index (χ2v) is 7.89. The maximum atomic E-state index is 11.4. The van der Waals surface area contributed by atoms with Gasteiger partial charge in [0.05, 0.1) is 0 Å². The summed E-state index contributed by atoms with van der Waals surface area (Å²) in [7, 11) is 0. The average molecular weight is 387 g/mol. The van der Waals surface area contributed by atoms with Crippen LogP contribution in [0.15, 0.2) is 0 Å². The van der Waals surface area contributed by atoms with Crippen LogP contribution in [-0.4, -0.2) is 42.7 Å². The maximum absolute atomic E-state index is 11.4. The van der Waals surface area contributed by atoms with Crippen LogP contribution in [0.5, 0.6) is 0 Å². The van der Waals surface area contributed by atoms with Crippen LogP contribution < -0.4 is 5.32 Å². The molecule has 0 atom stereocenters. The molecule has 0 aromatic rings. The highest BCUT2D eigenvalue weighted by Gasteiger charge is 2.00. The monoisotopic (exact) mass is 386 g/mol. The summed E-state index contributed by atoms with van der Waals surface area (Å²) in [6, 6.07) is 0. The number of hydrogen-bond donors (Lipinski definition) is 2. The van der Waals surface area contributed by atoms with Crippen molar-refractivity contribution in [1.29, 1.82) is 0 Å². The fraction of sp³-hybridized carbons (Fsp3) is 0.955. The predicted octanol–water partition coefficient (Wildman–Crippen LogP) is 5.84. The fourth-order valence-corrected chi connectivity index (χ4v) is 3.50. The zero-order chi connectivity index (χ0) is 19.3. The molecule has 0 spiro atoms. The van der Waals surface area contributed by atoms with E-state index in [-0.39, 0.29) is 5.91 Å². The lowest BCUT2D eigenvalue weighted by Gasteiger charge is -2.17. The van der Waals surface area contributed by atoms with Gasteiger partial charge in [-0.3, -0.25) is 4.79 Å². The lowest BCUT2D eigenvalue weighted by molar-refractivity contribution is -0.121. The van der Waals surface area contributed by atoms with E-state index in [1.807, 2.05) is 0 Å². The standard InChI is InChI=1S/C22H46N2OS/c1-3-24(4-2)20-17-15-13-11-9-7-5-6-8-10-12-14-16-18-22(25)23-19-21-26/h26H,3-21H2,1-2H3,(H,23,25). The maximum Gasteiger partial charge on any atom is 0.220 e. The molecule has 0 aliphatic rings. The largest absolute Gasteiger partial charge is 0.355 e. The van der Waals surface area contributed by atoms with Crippen molar-refractivity contribution in [3.63, 3.8) is 0 Å². The number of nitrogens with one attached hydrogen (secondary N) is 1. The Morgan fingerprint density at radius 3 is 1.58 bits per heavy atom. The van der Waals surface area contributed by atoms with E-state index >= 15 is 0 Å². The van der Waals surface area contributed by atoms with Crippen LogP contribution in [0.3, 0.4) is 0 Å². The zero-order valence-corrected chi connectivity index (χ0v) is 18.6. The van der Waals surface area contributed by atoms with Crippen LogP contribution in [0.25, 0.3) is 0 Å². The van der Waals surface area contributed by atoms with Crippen molar-refractivity contribution in [2.75, 3.05) is 31.9 Å². The summed E-state index contributed by atoms with van der Waals surface area (Å²) in [4.78, 5) is 14.0. The minimum absolute atomic E-state index is 0.187. The lowest BCUT2D eigenvalue weighted by atomic mass is 10.0. The molecule has 156 valence electrons. The lowest BCUT2D eigenvalue weighted by Crippen LogP contribution is -2.24. The van der Waals surface area contributed by atoms with Gasteiger partial charge in [0.1, 0.15) is 0 Å². The highest BCUT2D eigenvalue weighted by atomic mass is 32.1. The molecule has 0 aromatic carbocycles. The van der Waals surface area contributed by atoms with Crippen LogP contribution in [0.1, 0.15) is 104 Å². The summed E-state index contributed by atoms with van der Waals surface area (Å²) in [5.74, 6) is 0.912. The van der Waals surface area contributed by atoms with E-state index in [2.05, 4.69) is 36.7 Å². The minimum atomic E-state index is 0.187. The van der Waals surface area contributed by atoms with Gasteiger partial charge in [-0.25, -0.2) is 0 Å². The molecule has 0 aliphatic heterocycles. The Hall–Kier alpha value is -0.220. The number of amides is 1. The quantitative estimate of drug-likeness (QED) is 0.204. The average Bonchev–Trinajstić information content (AvgIpc) is 2.66. The van der Waals surface area contributed by atoms with Gasteiger partial charge in [-0.2, -0.15) is 12.6 Å². The molecule has 0 bridgehead atoms. The number of rotatable bonds is 20. The molecule has 0 aliphatic carbocycles. The van der Waals surface area contributed by atoms with Gasteiger partial charge in [0.25, 0.3) is 0 Å². The second-order valence-electron chi connectivity index (χ2n) is 7.45. The fourth-order valence-electron chi connectivity index (χ4n) is 3.39. The Labute approximate surface area is 169 Å². The van der Waals surface area contributed by atoms with Gasteiger partial charge < -0.3 is 10.2 Å². The first kappa shape index (κ1) is 25.8. The highest BCUT2D eigenvalue weighted by molar-refractivity contribution is 7.80. The van der Waals surface area contributed by atoms with Crippen LogP contribution in [0.4, 0.5) is 0 Å². The SMILES string of the molecule is CCN(CC)CCCCCCCCCCCCCCCC(=O)NCCS. The van der Waals surface area contributed by atoms with Crippen molar-refractivity contribution in [2.24, 2.45) is 0 Å². The van der Waals surface area contributed by atoms with E-state index in [0.717, 1.165) is 12.2 Å². The van der Waals surface area contributed by atoms with Crippen molar-refractivity contribution in [3.8, 4) is 0 Å². The molecule has 1 amide bonds. The van der Waals surface area contributed by atoms with Crippen LogP contribution >= 0.6 is 12.6 Å². The number of hydrogen-bond acceptors (Lipinski definition) is 3. The van der Waals surface area contributed by atoms with Gasteiger partial charge in [0.15, 0.2) is 0 Å². The highest BCUT2D eigenvalue weighted by Crippen LogP contribution is 2.13. The molecule has 0 radical (unpaired) electrons. The summed E-state index contributed by atoms with van der Waals surface area (Å²) in [6.07, 6.45) is 18.2. The van der Waals surface area contributed by atoms with Gasteiger partial charge in [0, 0.05) is 18.7 Å². The number of thiol groups is 1. The molecule has 0 saturated carbocycles. The molecule has 1 N–H and O–H groups in total. The molecular weight excluding hydrogens is 340 g/mol. The smallest absolute Gasteiger partial charge is 0.220 e. The first-order valence-corrected chi connectivity index (χ1v) is 12.0. The Morgan fingerprint density at radius 2 is 1.15 bits per heavy atom. The Kier molecular flexibility index (Phi) is 20.9. The summed E-state index contributed by atoms with van der Waals surface area (Å²) < 4.78 is 0. The third kappa shape index (κ3) is 18.6. The molecule has 3 nitrogen and oxygen atoms in total. The molecule has 0 aromatic heterocycles. The number of carbonyl (C=O) groups excluding carboxylic acids is 1. The Bertz CT molecular complexity index is 296. The number of carbonyl (C=O) groups is 1. The van der Waals surface area contributed by atoms with Crippen molar-refractivity contribution >= 4 is 18.5 Å². The van der Waals surface area contributed by atoms with Gasteiger partial charge >= 0.3 is 0 Å². The van der Waals surface area contributed by atoms with Crippen LogP contribution in [-0.2, 0) is 4.79 Å². The van der Waals surface area contributed by atoms with E-state index in [9.17, 15) is 4.79 Å². The third-order valence-corrected chi connectivity index (χ3v) is 5.43. The van der Waals surface area contributed by atoms with Gasteiger partial charge in [0.2, 0.25) is 5.91 Å². The zero-order valence-electron chi connectivity index (χ0n) is 17.7. The summed E-state index contributed by atoms with van der Waals surface area (Å²) in [6.45, 7) is 8.89. The second kappa shape index (κ2) is 21.1. The first-order chi connectivity index (χ1) is 12.7. The van der Waals surface area contributed by atoms with Gasteiger partial charge in [-0.1, -0.05) is 84.5 Å². The minimum Gasteiger partial charge on any atom is -0.355 e. The molecule has 26 heavy (non-hydrogen) atoms. The van der Waals surface area contributed by atoms with E-state index in [4.69, 9.17) is 0 Å². The van der Waals surface area contributed by atoms with Gasteiger partial charge in [-0.15, -0.1) is 0 Å². The van der Waals surface area contributed by atoms with Crippen molar-refractivity contribution in [2.45, 2.75) is 104 Å². The van der Waals surface area contributed by atoms with E-state index in [1.54, 1.807) is 0 Å². The van der Waals surface area contributed by atoms with Crippen molar-refractivity contribution in [3.05, 3.63) is 0 Å². The topological polar surface area (TPSA) is 32.3 Å². The number of unbranched alkanes of at least 4 members (excludes halogenated alkanes) is 12. The molecule has 0 rings (SSSR count). The molecule has 0 unspecified atom stereocenters. The van der Waals surface area contributed by atoms with Crippen LogP contribution in [0.2, 0.25) is 0 Å². The third-order valence-electron chi connectivity index (χ3n) is 5.21. The Morgan fingerprint density at radius 1 is 0.731 bits per heavy atom. The normalized spacial score (nSPS) is 11.2. The molecule has 0 saturated heterocycles. The van der Waals surface area contributed by atoms with Crippen molar-refractivity contribution in [1.82, 2.24) is 10.2 Å². The summed E-state index contributed by atoms with van der Waals surface area (Å²) in [5, 5.41) is 2.87. The van der Waals surface area contributed by atoms with Gasteiger partial charge in [-0.05, 0) is 32.5 Å². The first-order valence-electron chi connectivity index (χ1n) is 11.3. The molecular formula is C22H46N2OS. The van der Waals surface area contributed by atoms with E-state index < -0.39 is 0 Å². The predicted molar refractivity (Wildman–Crippen MR) is 119 cm³/mol. The van der Waals surface area contributed by atoms with Crippen LogP contribution in [0, 0.1) is 0 Å². The number of nitrogens with zero attached hydrogens (tertiary/aromatic N) is 1. The van der Waals surface area contributed by atoms with E-state index in [0.29, 0.717) is 13.0 Å². The Balaban J connectivity index is 3.12. The molecule has 0 fully saturated rings.